The van der Waals surface area contributed by atoms with Gasteiger partial charge in [-0.25, -0.2) is 17.9 Å². The summed E-state index contributed by atoms with van der Waals surface area (Å²) in [6, 6.07) is 6.78. The molecule has 2 heterocycles. The van der Waals surface area contributed by atoms with Gasteiger partial charge in [-0.15, -0.1) is 11.3 Å². The summed E-state index contributed by atoms with van der Waals surface area (Å²) < 4.78 is 27.1. The van der Waals surface area contributed by atoms with Crippen LogP contribution in [0, 0.1) is 0 Å². The molecule has 116 valence electrons. The van der Waals surface area contributed by atoms with E-state index in [-0.39, 0.29) is 21.7 Å². The van der Waals surface area contributed by atoms with Crippen LogP contribution in [0.5, 0.6) is 0 Å². The summed E-state index contributed by atoms with van der Waals surface area (Å²) in [6.45, 7) is 0.268. The molecule has 1 aliphatic carbocycles. The summed E-state index contributed by atoms with van der Waals surface area (Å²) in [4.78, 5) is 15.1. The third kappa shape index (κ3) is 2.90. The predicted molar refractivity (Wildman–Crippen MR) is 81.6 cm³/mol. The van der Waals surface area contributed by atoms with Crippen LogP contribution in [0.1, 0.15) is 28.2 Å². The van der Waals surface area contributed by atoms with E-state index in [1.807, 2.05) is 18.2 Å². The highest BCUT2D eigenvalue weighted by atomic mass is 32.2. The van der Waals surface area contributed by atoms with Crippen molar-refractivity contribution in [1.29, 1.82) is 0 Å². The molecule has 6 nitrogen and oxygen atoms in total. The summed E-state index contributed by atoms with van der Waals surface area (Å²) in [5.74, 6) is -1.13. The molecule has 0 saturated heterocycles. The van der Waals surface area contributed by atoms with Crippen molar-refractivity contribution >= 4 is 27.3 Å². The highest BCUT2D eigenvalue weighted by Gasteiger charge is 2.46. The molecule has 0 atom stereocenters. The number of carboxylic acids is 1. The average molecular weight is 338 g/mol. The molecule has 2 aromatic heterocycles. The van der Waals surface area contributed by atoms with Gasteiger partial charge in [0.2, 0.25) is 10.0 Å². The van der Waals surface area contributed by atoms with Gasteiger partial charge in [-0.1, -0.05) is 6.07 Å². The number of carboxylic acid groups (broad SMARTS) is 1. The van der Waals surface area contributed by atoms with Crippen LogP contribution in [0.25, 0.3) is 0 Å². The van der Waals surface area contributed by atoms with Crippen molar-refractivity contribution in [2.45, 2.75) is 23.2 Å². The number of aromatic carboxylic acids is 1. The van der Waals surface area contributed by atoms with Gasteiger partial charge in [0.25, 0.3) is 0 Å². The fraction of sp³-hybridized carbons (Fsp3) is 0.286. The molecule has 0 spiro atoms. The van der Waals surface area contributed by atoms with Crippen LogP contribution in [0.4, 0.5) is 0 Å². The fourth-order valence-electron chi connectivity index (χ4n) is 2.24. The summed E-state index contributed by atoms with van der Waals surface area (Å²) in [5.41, 5.74) is 0.647. The number of sulfonamides is 1. The van der Waals surface area contributed by atoms with Crippen molar-refractivity contribution in [3.05, 3.63) is 46.4 Å². The number of nitrogens with one attached hydrogen (secondary N) is 1. The molecule has 1 fully saturated rings. The van der Waals surface area contributed by atoms with Gasteiger partial charge in [0.1, 0.15) is 4.88 Å². The van der Waals surface area contributed by atoms with Crippen molar-refractivity contribution in [3.8, 4) is 0 Å². The molecule has 0 radical (unpaired) electrons. The maximum absolute atomic E-state index is 12.3. The third-order valence-electron chi connectivity index (χ3n) is 3.76. The van der Waals surface area contributed by atoms with E-state index >= 15 is 0 Å². The average Bonchev–Trinajstić information content (AvgIpc) is 3.12. The van der Waals surface area contributed by atoms with Gasteiger partial charge in [-0.3, -0.25) is 4.98 Å². The minimum atomic E-state index is -3.70. The molecule has 8 heteroatoms. The van der Waals surface area contributed by atoms with Crippen LogP contribution in [0.3, 0.4) is 0 Å². The molecule has 2 N–H and O–H groups in total. The minimum Gasteiger partial charge on any atom is -0.477 e. The molecule has 3 rings (SSSR count). The second-order valence-electron chi connectivity index (χ2n) is 5.27. The normalized spacial score (nSPS) is 16.4. The highest BCUT2D eigenvalue weighted by molar-refractivity contribution is 7.89. The zero-order chi connectivity index (χ0) is 15.8. The zero-order valence-electron chi connectivity index (χ0n) is 11.5. The SMILES string of the molecule is O=C(O)c1cc(S(=O)(=O)NCC2(c3ccccn3)CC2)cs1. The Morgan fingerprint density at radius 1 is 1.41 bits per heavy atom. The van der Waals surface area contributed by atoms with Gasteiger partial charge >= 0.3 is 5.97 Å². The van der Waals surface area contributed by atoms with Gasteiger partial charge in [0, 0.05) is 29.2 Å². The summed E-state index contributed by atoms with van der Waals surface area (Å²) in [6.07, 6.45) is 3.47. The Hall–Kier alpha value is -1.77. The molecule has 0 amide bonds. The van der Waals surface area contributed by atoms with Crippen LogP contribution in [-0.4, -0.2) is 31.0 Å². The van der Waals surface area contributed by atoms with Crippen molar-refractivity contribution in [2.24, 2.45) is 0 Å². The Labute approximate surface area is 131 Å². The summed E-state index contributed by atoms with van der Waals surface area (Å²) >= 11 is 0.899. The maximum Gasteiger partial charge on any atom is 0.345 e. The van der Waals surface area contributed by atoms with E-state index in [1.54, 1.807) is 6.20 Å². The van der Waals surface area contributed by atoms with E-state index in [9.17, 15) is 13.2 Å². The van der Waals surface area contributed by atoms with E-state index in [4.69, 9.17) is 5.11 Å². The number of hydrogen-bond donors (Lipinski definition) is 2. The molecular formula is C14H14N2O4S2. The molecule has 0 aromatic carbocycles. The number of pyridine rings is 1. The highest BCUT2D eigenvalue weighted by Crippen LogP contribution is 2.46. The van der Waals surface area contributed by atoms with Crippen molar-refractivity contribution in [2.75, 3.05) is 6.54 Å². The van der Waals surface area contributed by atoms with E-state index in [1.165, 1.54) is 11.4 Å². The number of hydrogen-bond acceptors (Lipinski definition) is 5. The van der Waals surface area contributed by atoms with Crippen molar-refractivity contribution in [1.82, 2.24) is 9.71 Å². The Bertz CT molecular complexity index is 795. The first-order valence-electron chi connectivity index (χ1n) is 6.66. The van der Waals surface area contributed by atoms with Gasteiger partial charge in [-0.05, 0) is 31.0 Å². The molecule has 2 aromatic rings. The molecule has 1 saturated carbocycles. The Kier molecular flexibility index (Phi) is 3.75. The predicted octanol–water partition coefficient (Wildman–Crippen LogP) is 1.85. The van der Waals surface area contributed by atoms with Crippen LogP contribution in [-0.2, 0) is 15.4 Å². The Morgan fingerprint density at radius 3 is 2.73 bits per heavy atom. The quantitative estimate of drug-likeness (QED) is 0.838. The maximum atomic E-state index is 12.3. The molecular weight excluding hydrogens is 324 g/mol. The number of rotatable bonds is 6. The van der Waals surface area contributed by atoms with Crippen LogP contribution in [0.2, 0.25) is 0 Å². The van der Waals surface area contributed by atoms with Crippen molar-refractivity contribution < 1.29 is 18.3 Å². The summed E-state index contributed by atoms with van der Waals surface area (Å²) in [7, 11) is -3.70. The molecule has 0 unspecified atom stereocenters. The van der Waals surface area contributed by atoms with E-state index in [0.717, 1.165) is 29.9 Å². The molecule has 0 bridgehead atoms. The lowest BCUT2D eigenvalue weighted by atomic mass is 10.0. The number of nitrogens with zero attached hydrogens (tertiary/aromatic N) is 1. The largest absolute Gasteiger partial charge is 0.477 e. The standard InChI is InChI=1S/C14H14N2O4S2/c17-13(18)11-7-10(8-21-11)22(19,20)16-9-14(4-5-14)12-3-1-2-6-15-12/h1-3,6-8,16H,4-5,9H2,(H,17,18). The van der Waals surface area contributed by atoms with Gasteiger partial charge in [0.15, 0.2) is 0 Å². The molecule has 1 aliphatic rings. The fourth-order valence-corrected chi connectivity index (χ4v) is 4.48. The number of carbonyl (C=O) groups is 1. The first kappa shape index (κ1) is 15.1. The van der Waals surface area contributed by atoms with Crippen LogP contribution < -0.4 is 4.72 Å². The van der Waals surface area contributed by atoms with Crippen LogP contribution >= 0.6 is 11.3 Å². The Balaban J connectivity index is 1.74. The van der Waals surface area contributed by atoms with Gasteiger partial charge in [0.05, 0.1) is 4.90 Å². The van der Waals surface area contributed by atoms with E-state index in [2.05, 4.69) is 9.71 Å². The lowest BCUT2D eigenvalue weighted by Crippen LogP contribution is -2.32. The lowest BCUT2D eigenvalue weighted by Gasteiger charge is -2.15. The van der Waals surface area contributed by atoms with Gasteiger partial charge in [-0.2, -0.15) is 0 Å². The van der Waals surface area contributed by atoms with Crippen LogP contribution in [0.15, 0.2) is 40.7 Å². The molecule has 0 aliphatic heterocycles. The Morgan fingerprint density at radius 2 is 2.18 bits per heavy atom. The smallest absolute Gasteiger partial charge is 0.345 e. The minimum absolute atomic E-state index is 0.00577. The van der Waals surface area contributed by atoms with E-state index in [0.29, 0.717) is 0 Å². The third-order valence-corrected chi connectivity index (χ3v) is 6.21. The van der Waals surface area contributed by atoms with Gasteiger partial charge < -0.3 is 5.11 Å². The topological polar surface area (TPSA) is 96.4 Å². The van der Waals surface area contributed by atoms with Crippen molar-refractivity contribution in [3.63, 3.8) is 0 Å². The lowest BCUT2D eigenvalue weighted by molar-refractivity contribution is 0.0702. The zero-order valence-corrected chi connectivity index (χ0v) is 13.2. The summed E-state index contributed by atoms with van der Waals surface area (Å²) in [5, 5.41) is 10.2. The number of thiophene rings is 1. The first-order chi connectivity index (χ1) is 10.4. The number of aromatic nitrogens is 1. The second kappa shape index (κ2) is 5.45. The molecule has 22 heavy (non-hydrogen) atoms. The monoisotopic (exact) mass is 338 g/mol. The second-order valence-corrected chi connectivity index (χ2v) is 7.95. The first-order valence-corrected chi connectivity index (χ1v) is 9.02. The van der Waals surface area contributed by atoms with E-state index < -0.39 is 16.0 Å².